The number of aryl methyl sites for hydroxylation is 1. The zero-order valence-corrected chi connectivity index (χ0v) is 14.7. The Morgan fingerprint density at radius 3 is 2.32 bits per heavy atom. The van der Waals surface area contributed by atoms with Crippen LogP contribution in [0.3, 0.4) is 0 Å². The molecule has 0 saturated carbocycles. The summed E-state index contributed by atoms with van der Waals surface area (Å²) in [7, 11) is 3.15. The van der Waals surface area contributed by atoms with Crippen LogP contribution in [0.5, 0.6) is 11.5 Å². The van der Waals surface area contributed by atoms with Crippen molar-refractivity contribution in [1.29, 1.82) is 0 Å². The highest BCUT2D eigenvalue weighted by atomic mass is 19.1. The molecule has 0 atom stereocenters. The minimum absolute atomic E-state index is 0.0194. The lowest BCUT2D eigenvalue weighted by Crippen LogP contribution is -2.26. The van der Waals surface area contributed by atoms with Crippen LogP contribution in [0.4, 0.5) is 4.39 Å². The fourth-order valence-corrected chi connectivity index (χ4v) is 2.57. The maximum atomic E-state index is 12.8. The fourth-order valence-electron chi connectivity index (χ4n) is 2.57. The predicted octanol–water partition coefficient (Wildman–Crippen LogP) is 3.52. The van der Waals surface area contributed by atoms with E-state index in [1.165, 1.54) is 12.1 Å². The molecule has 0 heterocycles. The van der Waals surface area contributed by atoms with Crippen molar-refractivity contribution in [2.75, 3.05) is 20.8 Å². The Bertz CT molecular complexity index is 686. The maximum absolute atomic E-state index is 12.8. The topological polar surface area (TPSA) is 47.6 Å². The molecule has 2 aromatic carbocycles. The SMILES string of the molecule is COc1ccc(CC(=O)NCCCCc2ccc(F)cc2)cc1OC. The number of amides is 1. The number of nitrogens with one attached hydrogen (secondary N) is 1. The summed E-state index contributed by atoms with van der Waals surface area (Å²) in [6.45, 7) is 0.632. The van der Waals surface area contributed by atoms with E-state index in [0.29, 0.717) is 24.5 Å². The maximum Gasteiger partial charge on any atom is 0.224 e. The monoisotopic (exact) mass is 345 g/mol. The van der Waals surface area contributed by atoms with Crippen LogP contribution in [-0.2, 0) is 17.6 Å². The number of hydrogen-bond donors (Lipinski definition) is 1. The smallest absolute Gasteiger partial charge is 0.224 e. The lowest BCUT2D eigenvalue weighted by Gasteiger charge is -2.10. The molecular weight excluding hydrogens is 321 g/mol. The summed E-state index contributed by atoms with van der Waals surface area (Å²) in [6.07, 6.45) is 3.02. The number of carbonyl (C=O) groups excluding carboxylic acids is 1. The van der Waals surface area contributed by atoms with Crippen LogP contribution < -0.4 is 14.8 Å². The first kappa shape index (κ1) is 18.8. The van der Waals surface area contributed by atoms with E-state index < -0.39 is 0 Å². The highest BCUT2D eigenvalue weighted by Gasteiger charge is 2.08. The number of ether oxygens (including phenoxy) is 2. The molecular formula is C20H24FNO3. The summed E-state index contributed by atoms with van der Waals surface area (Å²) < 4.78 is 23.3. The minimum Gasteiger partial charge on any atom is -0.493 e. The number of methoxy groups -OCH3 is 2. The van der Waals surface area contributed by atoms with Crippen molar-refractivity contribution in [3.8, 4) is 11.5 Å². The highest BCUT2D eigenvalue weighted by Crippen LogP contribution is 2.27. The molecule has 4 nitrogen and oxygen atoms in total. The van der Waals surface area contributed by atoms with Crippen molar-refractivity contribution >= 4 is 5.91 Å². The van der Waals surface area contributed by atoms with Gasteiger partial charge in [0.15, 0.2) is 11.5 Å². The van der Waals surface area contributed by atoms with Crippen LogP contribution in [-0.4, -0.2) is 26.7 Å². The molecule has 0 aliphatic heterocycles. The largest absolute Gasteiger partial charge is 0.493 e. The van der Waals surface area contributed by atoms with Crippen molar-refractivity contribution in [1.82, 2.24) is 5.32 Å². The van der Waals surface area contributed by atoms with Crippen molar-refractivity contribution in [3.63, 3.8) is 0 Å². The van der Waals surface area contributed by atoms with Gasteiger partial charge in [-0.2, -0.15) is 0 Å². The van der Waals surface area contributed by atoms with E-state index in [0.717, 1.165) is 30.4 Å². The molecule has 1 amide bonds. The Kier molecular flexibility index (Phi) is 7.26. The van der Waals surface area contributed by atoms with Gasteiger partial charge in [-0.25, -0.2) is 4.39 Å². The van der Waals surface area contributed by atoms with E-state index in [4.69, 9.17) is 9.47 Å². The van der Waals surface area contributed by atoms with Gasteiger partial charge in [0.05, 0.1) is 20.6 Å². The molecule has 2 rings (SSSR count). The van der Waals surface area contributed by atoms with Gasteiger partial charge in [0, 0.05) is 6.54 Å². The molecule has 5 heteroatoms. The quantitative estimate of drug-likeness (QED) is 0.708. The third kappa shape index (κ3) is 6.10. The van der Waals surface area contributed by atoms with E-state index in [9.17, 15) is 9.18 Å². The summed E-state index contributed by atoms with van der Waals surface area (Å²) in [4.78, 5) is 12.0. The zero-order valence-electron chi connectivity index (χ0n) is 14.7. The number of carbonyl (C=O) groups is 1. The standard InChI is InChI=1S/C20H24FNO3/c1-24-18-11-8-16(13-19(18)25-2)14-20(23)22-12-4-3-5-15-6-9-17(21)10-7-15/h6-11,13H,3-5,12,14H2,1-2H3,(H,22,23). The molecule has 0 bridgehead atoms. The Balaban J connectivity index is 1.69. The van der Waals surface area contributed by atoms with E-state index in [2.05, 4.69) is 5.32 Å². The molecule has 2 aromatic rings. The van der Waals surface area contributed by atoms with Crippen molar-refractivity contribution in [2.45, 2.75) is 25.7 Å². The van der Waals surface area contributed by atoms with Crippen LogP contribution >= 0.6 is 0 Å². The molecule has 0 saturated heterocycles. The first-order chi connectivity index (χ1) is 12.1. The van der Waals surface area contributed by atoms with E-state index in [-0.39, 0.29) is 11.7 Å². The number of benzene rings is 2. The fraction of sp³-hybridized carbons (Fsp3) is 0.350. The molecule has 0 fully saturated rings. The predicted molar refractivity (Wildman–Crippen MR) is 95.6 cm³/mol. The highest BCUT2D eigenvalue weighted by molar-refractivity contribution is 5.78. The van der Waals surface area contributed by atoms with Gasteiger partial charge in [-0.05, 0) is 54.7 Å². The first-order valence-electron chi connectivity index (χ1n) is 8.34. The molecule has 0 aliphatic rings. The van der Waals surface area contributed by atoms with Gasteiger partial charge < -0.3 is 14.8 Å². The Hall–Kier alpha value is -2.56. The lowest BCUT2D eigenvalue weighted by molar-refractivity contribution is -0.120. The Morgan fingerprint density at radius 1 is 0.960 bits per heavy atom. The van der Waals surface area contributed by atoms with Gasteiger partial charge in [-0.1, -0.05) is 18.2 Å². The molecule has 25 heavy (non-hydrogen) atoms. The number of rotatable bonds is 9. The van der Waals surface area contributed by atoms with Crippen molar-refractivity contribution in [3.05, 3.63) is 59.4 Å². The average molecular weight is 345 g/mol. The van der Waals surface area contributed by atoms with Gasteiger partial charge in [-0.3, -0.25) is 4.79 Å². The second-order valence-electron chi connectivity index (χ2n) is 5.80. The Labute approximate surface area is 148 Å². The molecule has 0 unspecified atom stereocenters. The average Bonchev–Trinajstić information content (AvgIpc) is 2.62. The summed E-state index contributed by atoms with van der Waals surface area (Å²) in [5, 5.41) is 2.92. The molecule has 0 spiro atoms. The van der Waals surface area contributed by atoms with Crippen LogP contribution in [0.2, 0.25) is 0 Å². The molecule has 1 N–H and O–H groups in total. The molecule has 0 radical (unpaired) electrons. The second kappa shape index (κ2) is 9.67. The van der Waals surface area contributed by atoms with Crippen LogP contribution in [0, 0.1) is 5.82 Å². The number of unbranched alkanes of at least 4 members (excludes halogenated alkanes) is 1. The summed E-state index contributed by atoms with van der Waals surface area (Å²) in [6, 6.07) is 12.0. The summed E-state index contributed by atoms with van der Waals surface area (Å²) >= 11 is 0. The summed E-state index contributed by atoms with van der Waals surface area (Å²) in [5.41, 5.74) is 1.99. The van der Waals surface area contributed by atoms with Gasteiger partial charge >= 0.3 is 0 Å². The Morgan fingerprint density at radius 2 is 1.64 bits per heavy atom. The lowest BCUT2D eigenvalue weighted by atomic mass is 10.1. The van der Waals surface area contributed by atoms with Gasteiger partial charge in [0.2, 0.25) is 5.91 Å². The van der Waals surface area contributed by atoms with Crippen LogP contribution in [0.15, 0.2) is 42.5 Å². The normalized spacial score (nSPS) is 10.4. The number of halogens is 1. The third-order valence-electron chi connectivity index (χ3n) is 3.94. The van der Waals surface area contributed by atoms with E-state index >= 15 is 0 Å². The number of hydrogen-bond acceptors (Lipinski definition) is 3. The van der Waals surface area contributed by atoms with Gasteiger partial charge in [0.25, 0.3) is 0 Å². The van der Waals surface area contributed by atoms with Gasteiger partial charge in [0.1, 0.15) is 5.82 Å². The van der Waals surface area contributed by atoms with Crippen molar-refractivity contribution < 1.29 is 18.7 Å². The van der Waals surface area contributed by atoms with E-state index in [1.54, 1.807) is 32.4 Å². The second-order valence-corrected chi connectivity index (χ2v) is 5.80. The van der Waals surface area contributed by atoms with Crippen LogP contribution in [0.1, 0.15) is 24.0 Å². The third-order valence-corrected chi connectivity index (χ3v) is 3.94. The molecule has 0 aliphatic carbocycles. The van der Waals surface area contributed by atoms with Crippen LogP contribution in [0.25, 0.3) is 0 Å². The zero-order chi connectivity index (χ0) is 18.1. The summed E-state index contributed by atoms with van der Waals surface area (Å²) in [5.74, 6) is 1.03. The van der Waals surface area contributed by atoms with Gasteiger partial charge in [-0.15, -0.1) is 0 Å². The van der Waals surface area contributed by atoms with E-state index in [1.807, 2.05) is 12.1 Å². The minimum atomic E-state index is -0.217. The van der Waals surface area contributed by atoms with Crippen molar-refractivity contribution in [2.24, 2.45) is 0 Å². The molecule has 134 valence electrons. The first-order valence-corrected chi connectivity index (χ1v) is 8.34. The molecule has 0 aromatic heterocycles.